The van der Waals surface area contributed by atoms with E-state index in [-0.39, 0.29) is 18.4 Å². The Morgan fingerprint density at radius 1 is 1.15 bits per heavy atom. The molecule has 1 aromatic carbocycles. The van der Waals surface area contributed by atoms with Crippen LogP contribution in [0.5, 0.6) is 5.75 Å². The molecule has 140 valence electrons. The molecule has 26 heavy (non-hydrogen) atoms. The highest BCUT2D eigenvalue weighted by Crippen LogP contribution is 2.49. The Labute approximate surface area is 153 Å². The van der Waals surface area contributed by atoms with E-state index in [9.17, 15) is 14.4 Å². The first-order valence-corrected chi connectivity index (χ1v) is 9.26. The third-order valence-electron chi connectivity index (χ3n) is 5.68. The molecule has 6 heteroatoms. The molecule has 1 aromatic rings. The van der Waals surface area contributed by atoms with E-state index in [4.69, 9.17) is 4.74 Å². The summed E-state index contributed by atoms with van der Waals surface area (Å²) in [6, 6.07) is 6.13. The van der Waals surface area contributed by atoms with Crippen molar-refractivity contribution in [1.29, 1.82) is 0 Å². The lowest BCUT2D eigenvalue weighted by atomic mass is 9.84. The Bertz CT molecular complexity index is 686. The van der Waals surface area contributed by atoms with Crippen LogP contribution in [-0.4, -0.2) is 30.4 Å². The monoisotopic (exact) mass is 358 g/mol. The van der Waals surface area contributed by atoms with Gasteiger partial charge in [0.25, 0.3) is 5.91 Å². The van der Waals surface area contributed by atoms with Crippen molar-refractivity contribution >= 4 is 17.7 Å². The van der Waals surface area contributed by atoms with Crippen LogP contribution in [0, 0.1) is 17.8 Å². The van der Waals surface area contributed by atoms with Crippen LogP contribution in [-0.2, 0) is 4.79 Å². The van der Waals surface area contributed by atoms with Gasteiger partial charge in [-0.2, -0.15) is 0 Å². The molecule has 6 nitrogen and oxygen atoms in total. The molecule has 2 aliphatic rings. The zero-order valence-corrected chi connectivity index (χ0v) is 15.3. The van der Waals surface area contributed by atoms with E-state index in [1.165, 1.54) is 32.6 Å². The standard InChI is InChI=1S/C20H26N2O4/c1-12(18-10-14-3-4-16(18)9-14)21-20(25)22-19(24)11-26-17-7-5-15(6-8-17)13(2)23/h5-8,12,14,16,18H,3-4,9-11H2,1-2H3,(H2,21,22,24,25). The van der Waals surface area contributed by atoms with E-state index in [1.54, 1.807) is 24.3 Å². The molecular formula is C20H26N2O4. The molecular weight excluding hydrogens is 332 g/mol. The molecule has 2 N–H and O–H groups in total. The number of fused-ring (bicyclic) bond motifs is 2. The minimum atomic E-state index is -0.502. The highest BCUT2D eigenvalue weighted by molar-refractivity contribution is 5.95. The number of rotatable bonds is 6. The number of carbonyl (C=O) groups excluding carboxylic acids is 3. The number of hydrogen-bond acceptors (Lipinski definition) is 4. The van der Waals surface area contributed by atoms with Crippen LogP contribution >= 0.6 is 0 Å². The van der Waals surface area contributed by atoms with Crippen LogP contribution in [0.25, 0.3) is 0 Å². The number of benzene rings is 1. The minimum Gasteiger partial charge on any atom is -0.484 e. The average molecular weight is 358 g/mol. The quantitative estimate of drug-likeness (QED) is 0.766. The molecule has 3 amide bonds. The van der Waals surface area contributed by atoms with Gasteiger partial charge in [-0.3, -0.25) is 14.9 Å². The molecule has 0 heterocycles. The van der Waals surface area contributed by atoms with Crippen molar-refractivity contribution in [2.75, 3.05) is 6.61 Å². The summed E-state index contributed by atoms with van der Waals surface area (Å²) in [6.45, 7) is 3.25. The van der Waals surface area contributed by atoms with Crippen molar-refractivity contribution in [3.05, 3.63) is 29.8 Å². The largest absolute Gasteiger partial charge is 0.484 e. The number of Topliss-reactive ketones (excluding diaryl/α,β-unsaturated/α-hetero) is 1. The van der Waals surface area contributed by atoms with E-state index in [0.29, 0.717) is 23.1 Å². The fourth-order valence-corrected chi connectivity index (χ4v) is 4.35. The Morgan fingerprint density at radius 3 is 2.46 bits per heavy atom. The van der Waals surface area contributed by atoms with E-state index in [0.717, 1.165) is 5.92 Å². The second-order valence-corrected chi connectivity index (χ2v) is 7.52. The second-order valence-electron chi connectivity index (χ2n) is 7.52. The van der Waals surface area contributed by atoms with Crippen LogP contribution in [0.1, 0.15) is 49.9 Å². The Balaban J connectivity index is 1.40. The number of carbonyl (C=O) groups is 3. The van der Waals surface area contributed by atoms with Crippen molar-refractivity contribution in [2.24, 2.45) is 17.8 Å². The van der Waals surface area contributed by atoms with Crippen LogP contribution < -0.4 is 15.4 Å². The van der Waals surface area contributed by atoms with E-state index in [2.05, 4.69) is 10.6 Å². The van der Waals surface area contributed by atoms with Gasteiger partial charge in [0, 0.05) is 11.6 Å². The average Bonchev–Trinajstić information content (AvgIpc) is 3.23. The van der Waals surface area contributed by atoms with E-state index in [1.807, 2.05) is 6.92 Å². The summed E-state index contributed by atoms with van der Waals surface area (Å²) in [6.07, 6.45) is 5.05. The molecule has 0 aromatic heterocycles. The molecule has 0 saturated heterocycles. The summed E-state index contributed by atoms with van der Waals surface area (Å²) in [5.74, 6) is 1.99. The summed E-state index contributed by atoms with van der Waals surface area (Å²) >= 11 is 0. The van der Waals surface area contributed by atoms with Gasteiger partial charge in [0.2, 0.25) is 0 Å². The first kappa shape index (κ1) is 18.4. The molecule has 0 radical (unpaired) electrons. The maximum Gasteiger partial charge on any atom is 0.321 e. The molecule has 0 aliphatic heterocycles. The normalized spacial score (nSPS) is 24.8. The number of hydrogen-bond donors (Lipinski definition) is 2. The van der Waals surface area contributed by atoms with Crippen molar-refractivity contribution in [2.45, 2.75) is 45.6 Å². The third-order valence-corrected chi connectivity index (χ3v) is 5.68. The molecule has 2 saturated carbocycles. The van der Waals surface area contributed by atoms with Gasteiger partial charge in [-0.15, -0.1) is 0 Å². The van der Waals surface area contributed by atoms with Crippen molar-refractivity contribution in [3.63, 3.8) is 0 Å². The summed E-state index contributed by atoms with van der Waals surface area (Å²) in [4.78, 5) is 35.1. The van der Waals surface area contributed by atoms with E-state index < -0.39 is 11.9 Å². The SMILES string of the molecule is CC(=O)c1ccc(OCC(=O)NC(=O)NC(C)C2CC3CCC2C3)cc1. The maximum absolute atomic E-state index is 12.0. The van der Waals surface area contributed by atoms with Gasteiger partial charge in [0.05, 0.1) is 0 Å². The Kier molecular flexibility index (Phi) is 5.59. The molecule has 4 unspecified atom stereocenters. The van der Waals surface area contributed by atoms with Crippen LogP contribution in [0.2, 0.25) is 0 Å². The van der Waals surface area contributed by atoms with Gasteiger partial charge in [-0.1, -0.05) is 6.42 Å². The number of amides is 3. The topological polar surface area (TPSA) is 84.5 Å². The Hall–Kier alpha value is -2.37. The summed E-state index contributed by atoms with van der Waals surface area (Å²) in [7, 11) is 0. The second kappa shape index (κ2) is 7.89. The smallest absolute Gasteiger partial charge is 0.321 e. The predicted molar refractivity (Wildman–Crippen MR) is 97.0 cm³/mol. The van der Waals surface area contributed by atoms with Crippen LogP contribution in [0.15, 0.2) is 24.3 Å². The van der Waals surface area contributed by atoms with Gasteiger partial charge in [-0.25, -0.2) is 4.79 Å². The van der Waals surface area contributed by atoms with Crippen LogP contribution in [0.3, 0.4) is 0 Å². The number of urea groups is 1. The summed E-state index contributed by atoms with van der Waals surface area (Å²) in [5, 5.41) is 5.20. The number of ether oxygens (including phenoxy) is 1. The van der Waals surface area contributed by atoms with Gasteiger partial charge in [0.1, 0.15) is 5.75 Å². The maximum atomic E-state index is 12.0. The number of imide groups is 1. The summed E-state index contributed by atoms with van der Waals surface area (Å²) in [5.41, 5.74) is 0.579. The minimum absolute atomic E-state index is 0.0319. The molecule has 2 aliphatic carbocycles. The summed E-state index contributed by atoms with van der Waals surface area (Å²) < 4.78 is 5.35. The van der Waals surface area contributed by atoms with Gasteiger partial charge in [-0.05, 0) is 75.1 Å². The number of ketones is 1. The molecule has 4 atom stereocenters. The van der Waals surface area contributed by atoms with Gasteiger partial charge in [0.15, 0.2) is 12.4 Å². The van der Waals surface area contributed by atoms with Crippen molar-refractivity contribution in [1.82, 2.24) is 10.6 Å². The fourth-order valence-electron chi connectivity index (χ4n) is 4.35. The number of nitrogens with one attached hydrogen (secondary N) is 2. The zero-order chi connectivity index (χ0) is 18.7. The molecule has 0 spiro atoms. The molecule has 2 fully saturated rings. The first-order valence-electron chi connectivity index (χ1n) is 9.26. The van der Waals surface area contributed by atoms with Crippen molar-refractivity contribution in [3.8, 4) is 5.75 Å². The third kappa shape index (κ3) is 4.42. The lowest BCUT2D eigenvalue weighted by molar-refractivity contribution is -0.122. The first-order chi connectivity index (χ1) is 12.4. The predicted octanol–water partition coefficient (Wildman–Crippen LogP) is 2.92. The van der Waals surface area contributed by atoms with Gasteiger partial charge >= 0.3 is 6.03 Å². The fraction of sp³-hybridized carbons (Fsp3) is 0.550. The van der Waals surface area contributed by atoms with Gasteiger partial charge < -0.3 is 10.1 Å². The lowest BCUT2D eigenvalue weighted by Gasteiger charge is -2.28. The van der Waals surface area contributed by atoms with Crippen LogP contribution in [0.4, 0.5) is 4.79 Å². The highest BCUT2D eigenvalue weighted by Gasteiger charge is 2.42. The highest BCUT2D eigenvalue weighted by atomic mass is 16.5. The Morgan fingerprint density at radius 2 is 1.88 bits per heavy atom. The van der Waals surface area contributed by atoms with E-state index >= 15 is 0 Å². The molecule has 3 rings (SSSR count). The lowest BCUT2D eigenvalue weighted by Crippen LogP contribution is -2.48. The van der Waals surface area contributed by atoms with Crippen molar-refractivity contribution < 1.29 is 19.1 Å². The zero-order valence-electron chi connectivity index (χ0n) is 15.3. The molecule has 2 bridgehead atoms.